The van der Waals surface area contributed by atoms with Crippen LogP contribution in [0.1, 0.15) is 47.1 Å². The Morgan fingerprint density at radius 1 is 0.788 bits per heavy atom. The van der Waals surface area contributed by atoms with Crippen LogP contribution in [0.5, 0.6) is 5.75 Å². The van der Waals surface area contributed by atoms with Gasteiger partial charge in [-0.15, -0.1) is 0 Å². The lowest BCUT2D eigenvalue weighted by Gasteiger charge is -2.50. The molecule has 2 unspecified atom stereocenters. The Kier molecular flexibility index (Phi) is 9.50. The van der Waals surface area contributed by atoms with Gasteiger partial charge in [-0.05, 0) is 65.4 Å². The minimum Gasteiger partial charge on any atom is -0.491 e. The topological polar surface area (TPSA) is 75.6 Å². The molecule has 2 fully saturated rings. The predicted octanol–water partition coefficient (Wildman–Crippen LogP) is 8.17. The second-order valence-electron chi connectivity index (χ2n) is 12.9. The van der Waals surface area contributed by atoms with E-state index in [0.29, 0.717) is 21.7 Å². The minimum atomic E-state index is -3.13. The Balaban J connectivity index is 1.26. The molecule has 0 spiro atoms. The summed E-state index contributed by atoms with van der Waals surface area (Å²) in [6.45, 7) is -6.20. The van der Waals surface area contributed by atoms with Gasteiger partial charge in [-0.3, -0.25) is 0 Å². The van der Waals surface area contributed by atoms with Crippen molar-refractivity contribution in [1.82, 2.24) is 0 Å². The molecular formula is C43H42ClFO7. The van der Waals surface area contributed by atoms with Crippen molar-refractivity contribution in [3.8, 4) is 5.75 Å². The first-order valence-electron chi connectivity index (χ1n) is 19.5. The largest absolute Gasteiger partial charge is 0.491 e. The van der Waals surface area contributed by atoms with Crippen LogP contribution in [0, 0.1) is 5.82 Å². The molecule has 1 N–H and O–H groups in total. The van der Waals surface area contributed by atoms with E-state index in [0.717, 1.165) is 22.8 Å². The van der Waals surface area contributed by atoms with Gasteiger partial charge in [0.05, 0.1) is 42.3 Å². The molecule has 5 aromatic carbocycles. The molecule has 5 aromatic rings. The average Bonchev–Trinajstić information content (AvgIpc) is 3.56. The highest BCUT2D eigenvalue weighted by molar-refractivity contribution is 6.31. The first-order valence-corrected chi connectivity index (χ1v) is 17.4. The normalized spacial score (nSPS) is 25.8. The van der Waals surface area contributed by atoms with Gasteiger partial charge in [0.2, 0.25) is 5.79 Å². The van der Waals surface area contributed by atoms with Crippen molar-refractivity contribution in [3.05, 3.63) is 172 Å². The second-order valence-corrected chi connectivity index (χ2v) is 13.3. The smallest absolute Gasteiger partial charge is 0.225 e. The number of hydrogen-bond donors (Lipinski definition) is 1. The Bertz CT molecular complexity index is 2110. The molecule has 270 valence electrons. The maximum Gasteiger partial charge on any atom is 0.225 e. The lowest BCUT2D eigenvalue weighted by molar-refractivity contribution is -0.353. The highest BCUT2D eigenvalue weighted by Gasteiger charge is 2.69. The van der Waals surface area contributed by atoms with Gasteiger partial charge >= 0.3 is 0 Å². The van der Waals surface area contributed by atoms with Crippen LogP contribution in [0.2, 0.25) is 5.02 Å². The van der Waals surface area contributed by atoms with Gasteiger partial charge in [-0.25, -0.2) is 4.39 Å². The summed E-state index contributed by atoms with van der Waals surface area (Å²) in [6, 6.07) is 38.0. The number of rotatable bonds is 15. The molecule has 7 rings (SSSR count). The van der Waals surface area contributed by atoms with E-state index in [2.05, 4.69) is 0 Å². The highest BCUT2D eigenvalue weighted by Crippen LogP contribution is 2.53. The van der Waals surface area contributed by atoms with E-state index in [1.54, 1.807) is 18.2 Å². The van der Waals surface area contributed by atoms with E-state index >= 15 is 4.39 Å². The van der Waals surface area contributed by atoms with Crippen LogP contribution in [0.15, 0.2) is 127 Å². The van der Waals surface area contributed by atoms with E-state index in [1.165, 1.54) is 12.1 Å². The van der Waals surface area contributed by atoms with Crippen molar-refractivity contribution in [3.63, 3.8) is 0 Å². The molecule has 2 bridgehead atoms. The van der Waals surface area contributed by atoms with Crippen molar-refractivity contribution < 1.29 is 44.8 Å². The number of aliphatic hydroxyl groups excluding tert-OH is 1. The summed E-state index contributed by atoms with van der Waals surface area (Å²) >= 11 is 6.77. The zero-order chi connectivity index (χ0) is 40.3. The van der Waals surface area contributed by atoms with Crippen LogP contribution in [-0.2, 0) is 55.7 Å². The van der Waals surface area contributed by atoms with Crippen LogP contribution in [0.3, 0.4) is 0 Å². The number of benzene rings is 5. The van der Waals surface area contributed by atoms with Crippen molar-refractivity contribution in [2.24, 2.45) is 0 Å². The average molecular weight is 730 g/mol. The first-order chi connectivity index (χ1) is 27.3. The number of fused-ring (bicyclic) bond motifs is 2. The molecule has 0 saturated carbocycles. The Hall–Kier alpha value is -4.12. The van der Waals surface area contributed by atoms with Crippen LogP contribution in [0.4, 0.5) is 4.39 Å². The molecule has 2 heterocycles. The molecule has 0 aromatic heterocycles. The van der Waals surface area contributed by atoms with E-state index in [1.807, 2.05) is 91.0 Å². The SMILES string of the molecule is [2H]C([2H])([2H])C([2H])([2H])Oc1ccc(Cc2cc(C34OCC(CO)(O3)[C@@H](OCc3ccccc3)[C@H](OCc3ccccc3)[C@H]4OCc3ccccc3)ccc2Cl)cc1F. The Morgan fingerprint density at radius 3 is 2.00 bits per heavy atom. The van der Waals surface area contributed by atoms with Crippen LogP contribution >= 0.6 is 11.6 Å². The number of halogens is 2. The first kappa shape index (κ1) is 30.4. The van der Waals surface area contributed by atoms with Crippen molar-refractivity contribution in [2.45, 2.75) is 62.8 Å². The van der Waals surface area contributed by atoms with E-state index in [-0.39, 0.29) is 32.8 Å². The Morgan fingerprint density at radius 2 is 1.40 bits per heavy atom. The Labute approximate surface area is 315 Å². The van der Waals surface area contributed by atoms with Crippen molar-refractivity contribution in [2.75, 3.05) is 19.8 Å². The lowest BCUT2D eigenvalue weighted by Crippen LogP contribution is -2.67. The molecule has 2 aliphatic heterocycles. The molecule has 0 aliphatic carbocycles. The number of ether oxygens (including phenoxy) is 6. The summed E-state index contributed by atoms with van der Waals surface area (Å²) in [7, 11) is 0. The number of aliphatic hydroxyl groups is 1. The van der Waals surface area contributed by atoms with Gasteiger partial charge in [0.1, 0.15) is 23.9 Å². The van der Waals surface area contributed by atoms with E-state index in [4.69, 9.17) is 46.9 Å². The third-order valence-corrected chi connectivity index (χ3v) is 9.84. The zero-order valence-corrected chi connectivity index (χ0v) is 29.0. The zero-order valence-electron chi connectivity index (χ0n) is 33.3. The summed E-state index contributed by atoms with van der Waals surface area (Å²) in [5, 5.41) is 11.5. The molecule has 52 heavy (non-hydrogen) atoms. The summed E-state index contributed by atoms with van der Waals surface area (Å²) < 4.78 is 91.8. The maximum absolute atomic E-state index is 15.3. The fraction of sp³-hybridized carbons (Fsp3) is 0.302. The second kappa shape index (κ2) is 16.3. The standard InChI is InChI=1S/C43H42ClFO7/c1-2-47-38-21-18-33(23-37(38)45)22-34-24-35(19-20-36(34)44)43-41(50-27-32-16-10-5-11-17-32)39(48-25-30-12-6-3-7-13-30)40(42(28-46,52-43)29-51-43)49-26-31-14-8-4-9-15-31/h3-21,23-24,39-41,46H,2,22,25-29H2,1H3/t39-,40-,41+,42?,43?/m0/s1/i1D3,2D2. The molecule has 7 nitrogen and oxygen atoms in total. The minimum absolute atomic E-state index is 0.0618. The van der Waals surface area contributed by atoms with Gasteiger partial charge in [0.15, 0.2) is 11.6 Å². The maximum atomic E-state index is 15.3. The van der Waals surface area contributed by atoms with Gasteiger partial charge in [0, 0.05) is 14.7 Å². The third-order valence-electron chi connectivity index (χ3n) is 9.47. The fourth-order valence-electron chi connectivity index (χ4n) is 6.87. The molecular weight excluding hydrogens is 683 g/mol. The summed E-state index contributed by atoms with van der Waals surface area (Å²) in [4.78, 5) is 0. The molecule has 9 heteroatoms. The highest BCUT2D eigenvalue weighted by atomic mass is 35.5. The predicted molar refractivity (Wildman–Crippen MR) is 195 cm³/mol. The van der Waals surface area contributed by atoms with Gasteiger partial charge in [-0.1, -0.05) is 115 Å². The lowest BCUT2D eigenvalue weighted by atomic mass is 9.83. The van der Waals surface area contributed by atoms with Gasteiger partial charge < -0.3 is 33.5 Å². The van der Waals surface area contributed by atoms with Gasteiger partial charge in [-0.2, -0.15) is 0 Å². The summed E-state index contributed by atoms with van der Waals surface area (Å²) in [6.07, 6.45) is -2.53. The van der Waals surface area contributed by atoms with Gasteiger partial charge in [0.25, 0.3) is 0 Å². The molecule has 0 radical (unpaired) electrons. The van der Waals surface area contributed by atoms with Crippen LogP contribution in [0.25, 0.3) is 0 Å². The molecule has 5 atom stereocenters. The van der Waals surface area contributed by atoms with Crippen molar-refractivity contribution >= 4 is 11.6 Å². The fourth-order valence-corrected chi connectivity index (χ4v) is 7.06. The van der Waals surface area contributed by atoms with E-state index in [9.17, 15) is 5.11 Å². The van der Waals surface area contributed by atoms with Crippen molar-refractivity contribution in [1.29, 1.82) is 0 Å². The third kappa shape index (κ3) is 7.65. The summed E-state index contributed by atoms with van der Waals surface area (Å²) in [5.74, 6) is -3.12. The molecule has 2 saturated heterocycles. The quantitative estimate of drug-likeness (QED) is 0.117. The monoisotopic (exact) mass is 729 g/mol. The molecule has 0 amide bonds. The number of hydrogen-bond acceptors (Lipinski definition) is 7. The summed E-state index contributed by atoms with van der Waals surface area (Å²) in [5.41, 5.74) is 2.88. The van der Waals surface area contributed by atoms with Crippen LogP contribution in [-0.4, -0.2) is 48.8 Å². The van der Waals surface area contributed by atoms with Crippen LogP contribution < -0.4 is 4.74 Å². The van der Waals surface area contributed by atoms with E-state index < -0.39 is 61.3 Å². The molecule has 2 aliphatic rings.